The Morgan fingerprint density at radius 3 is 2.94 bits per heavy atom. The number of allylic oxidation sites excluding steroid dienone is 1. The lowest BCUT2D eigenvalue weighted by atomic mass is 10.1. The minimum atomic E-state index is -0.681. The van der Waals surface area contributed by atoms with Crippen molar-refractivity contribution < 1.29 is 13.5 Å². The molecule has 0 bridgehead atoms. The molecule has 2 aromatic rings. The van der Waals surface area contributed by atoms with Gasteiger partial charge in [-0.05, 0) is 23.9 Å². The first-order valence-corrected chi connectivity index (χ1v) is 5.57. The highest BCUT2D eigenvalue weighted by atomic mass is 19.1. The summed E-state index contributed by atoms with van der Waals surface area (Å²) in [6.07, 6.45) is 3.01. The van der Waals surface area contributed by atoms with Gasteiger partial charge in [0.15, 0.2) is 11.6 Å². The van der Waals surface area contributed by atoms with Crippen molar-refractivity contribution in [3.05, 3.63) is 52.9 Å². The topological polar surface area (TPSA) is 39.4 Å². The van der Waals surface area contributed by atoms with E-state index < -0.39 is 11.4 Å². The van der Waals surface area contributed by atoms with Crippen molar-refractivity contribution in [2.45, 2.75) is 12.8 Å². The molecule has 0 unspecified atom stereocenters. The predicted molar refractivity (Wildman–Crippen MR) is 67.5 cm³/mol. The zero-order valence-corrected chi connectivity index (χ0v) is 10.0. The van der Waals surface area contributed by atoms with Crippen LogP contribution in [0.4, 0.5) is 4.39 Å². The number of methoxy groups -OCH3 is 1. The van der Waals surface area contributed by atoms with Gasteiger partial charge in [0, 0.05) is 6.42 Å². The number of rotatable bonds is 4. The van der Waals surface area contributed by atoms with Crippen LogP contribution in [0.15, 0.2) is 40.1 Å². The van der Waals surface area contributed by atoms with E-state index in [1.54, 1.807) is 18.2 Å². The van der Waals surface area contributed by atoms with Gasteiger partial charge in [0.05, 0.1) is 7.11 Å². The summed E-state index contributed by atoms with van der Waals surface area (Å²) in [7, 11) is 1.35. The molecule has 0 spiro atoms. The molecule has 0 atom stereocenters. The van der Waals surface area contributed by atoms with Crippen LogP contribution in [0.3, 0.4) is 0 Å². The van der Waals surface area contributed by atoms with Crippen LogP contribution in [0.25, 0.3) is 10.8 Å². The normalized spacial score (nSPS) is 10.6. The van der Waals surface area contributed by atoms with Gasteiger partial charge >= 0.3 is 5.63 Å². The van der Waals surface area contributed by atoms with Gasteiger partial charge in [-0.2, -0.15) is 0 Å². The lowest BCUT2D eigenvalue weighted by Crippen LogP contribution is -2.05. The van der Waals surface area contributed by atoms with Crippen LogP contribution >= 0.6 is 0 Å². The summed E-state index contributed by atoms with van der Waals surface area (Å²) in [5, 5.41) is 0.445. The first kappa shape index (κ1) is 12.4. The second-order valence-electron chi connectivity index (χ2n) is 3.87. The number of aryl methyl sites for hydroxylation is 1. The molecule has 0 fully saturated rings. The number of ether oxygens (including phenoxy) is 1. The zero-order valence-electron chi connectivity index (χ0n) is 10.0. The maximum Gasteiger partial charge on any atom is 0.346 e. The highest BCUT2D eigenvalue weighted by molar-refractivity contribution is 5.83. The van der Waals surface area contributed by atoms with Crippen LogP contribution in [-0.2, 0) is 6.42 Å². The number of benzene rings is 1. The van der Waals surface area contributed by atoms with Gasteiger partial charge in [-0.3, -0.25) is 0 Å². The first-order valence-electron chi connectivity index (χ1n) is 5.57. The fourth-order valence-corrected chi connectivity index (χ4v) is 1.80. The molecule has 0 amide bonds. The van der Waals surface area contributed by atoms with Gasteiger partial charge in [0.1, 0.15) is 11.1 Å². The molecule has 1 heterocycles. The molecule has 0 aliphatic carbocycles. The maximum atomic E-state index is 13.9. The number of fused-ring (bicyclic) bond motifs is 1. The molecule has 4 heteroatoms. The molecule has 1 aromatic heterocycles. The van der Waals surface area contributed by atoms with Crippen LogP contribution in [0.2, 0.25) is 0 Å². The maximum absolute atomic E-state index is 13.9. The van der Waals surface area contributed by atoms with E-state index in [4.69, 9.17) is 9.15 Å². The van der Waals surface area contributed by atoms with E-state index >= 15 is 0 Å². The monoisotopic (exact) mass is 248 g/mol. The van der Waals surface area contributed by atoms with Crippen molar-refractivity contribution in [2.24, 2.45) is 0 Å². The van der Waals surface area contributed by atoms with Crippen LogP contribution in [-0.4, -0.2) is 7.11 Å². The largest absolute Gasteiger partial charge is 0.494 e. The van der Waals surface area contributed by atoms with E-state index in [9.17, 15) is 9.18 Å². The fourth-order valence-electron chi connectivity index (χ4n) is 1.80. The number of halogens is 1. The Morgan fingerprint density at radius 2 is 2.28 bits per heavy atom. The summed E-state index contributed by atoms with van der Waals surface area (Å²) >= 11 is 0. The summed E-state index contributed by atoms with van der Waals surface area (Å²) < 4.78 is 23.8. The highest BCUT2D eigenvalue weighted by Crippen LogP contribution is 2.24. The third-order valence-electron chi connectivity index (χ3n) is 2.70. The highest BCUT2D eigenvalue weighted by Gasteiger charge is 2.13. The second kappa shape index (κ2) is 5.04. The number of hydrogen-bond donors (Lipinski definition) is 0. The molecule has 0 aliphatic heterocycles. The summed E-state index contributed by atoms with van der Waals surface area (Å²) in [5.74, 6) is -0.121. The van der Waals surface area contributed by atoms with Crippen molar-refractivity contribution in [1.29, 1.82) is 0 Å². The Labute approximate surface area is 103 Å². The van der Waals surface area contributed by atoms with Crippen molar-refractivity contribution in [2.75, 3.05) is 7.11 Å². The standard InChI is InChI=1S/C14H13FO3/c1-3-4-5-10-8-9-6-7-11(17-2)13(15)12(9)14(16)18-10/h3,6-8H,1,4-5H2,2H3. The van der Waals surface area contributed by atoms with E-state index in [0.29, 0.717) is 24.0 Å². The minimum absolute atomic E-state index is 0.0358. The molecule has 94 valence electrons. The molecule has 2 rings (SSSR count). The van der Waals surface area contributed by atoms with Crippen LogP contribution in [0, 0.1) is 5.82 Å². The van der Waals surface area contributed by atoms with Gasteiger partial charge in [-0.25, -0.2) is 9.18 Å². The minimum Gasteiger partial charge on any atom is -0.494 e. The smallest absolute Gasteiger partial charge is 0.346 e. The van der Waals surface area contributed by atoms with Gasteiger partial charge in [-0.1, -0.05) is 12.1 Å². The van der Waals surface area contributed by atoms with Gasteiger partial charge in [-0.15, -0.1) is 6.58 Å². The van der Waals surface area contributed by atoms with E-state index in [2.05, 4.69) is 6.58 Å². The molecule has 0 N–H and O–H groups in total. The molecule has 0 saturated heterocycles. The number of hydrogen-bond acceptors (Lipinski definition) is 3. The third kappa shape index (κ3) is 2.14. The summed E-state index contributed by atoms with van der Waals surface area (Å²) in [5.41, 5.74) is -0.678. The van der Waals surface area contributed by atoms with Crippen LogP contribution < -0.4 is 10.4 Å². The van der Waals surface area contributed by atoms with Crippen molar-refractivity contribution in [3.63, 3.8) is 0 Å². The van der Waals surface area contributed by atoms with Crippen LogP contribution in [0.1, 0.15) is 12.2 Å². The SMILES string of the molecule is C=CCCc1cc2ccc(OC)c(F)c2c(=O)o1. The molecular weight excluding hydrogens is 235 g/mol. The van der Waals surface area contributed by atoms with Crippen molar-refractivity contribution >= 4 is 10.8 Å². The molecule has 3 nitrogen and oxygen atoms in total. The van der Waals surface area contributed by atoms with E-state index in [-0.39, 0.29) is 11.1 Å². The quantitative estimate of drug-likeness (QED) is 0.780. The summed E-state index contributed by atoms with van der Waals surface area (Å²) in [4.78, 5) is 11.8. The van der Waals surface area contributed by atoms with Gasteiger partial charge in [0.2, 0.25) is 0 Å². The average molecular weight is 248 g/mol. The second-order valence-corrected chi connectivity index (χ2v) is 3.87. The Balaban J connectivity index is 2.62. The predicted octanol–water partition coefficient (Wildman–Crippen LogP) is 3.06. The Morgan fingerprint density at radius 1 is 1.50 bits per heavy atom. The lowest BCUT2D eigenvalue weighted by Gasteiger charge is -2.05. The molecule has 18 heavy (non-hydrogen) atoms. The lowest BCUT2D eigenvalue weighted by molar-refractivity contribution is 0.387. The molecular formula is C14H13FO3. The molecule has 0 saturated carbocycles. The van der Waals surface area contributed by atoms with Gasteiger partial charge in [0.25, 0.3) is 0 Å². The molecule has 0 aliphatic rings. The average Bonchev–Trinajstić information content (AvgIpc) is 2.36. The van der Waals surface area contributed by atoms with Gasteiger partial charge < -0.3 is 9.15 Å². The Hall–Kier alpha value is -2.10. The summed E-state index contributed by atoms with van der Waals surface area (Å²) in [6.45, 7) is 3.60. The van der Waals surface area contributed by atoms with Crippen molar-refractivity contribution in [3.8, 4) is 5.75 Å². The van der Waals surface area contributed by atoms with Crippen LogP contribution in [0.5, 0.6) is 5.75 Å². The van der Waals surface area contributed by atoms with E-state index in [0.717, 1.165) is 0 Å². The summed E-state index contributed by atoms with van der Waals surface area (Å²) in [6, 6.07) is 4.81. The first-order chi connectivity index (χ1) is 8.67. The van der Waals surface area contributed by atoms with E-state index in [1.807, 2.05) is 0 Å². The van der Waals surface area contributed by atoms with E-state index in [1.165, 1.54) is 13.2 Å². The Bertz CT molecular complexity index is 643. The molecule has 1 aromatic carbocycles. The molecule has 0 radical (unpaired) electrons. The fraction of sp³-hybridized carbons (Fsp3) is 0.214. The van der Waals surface area contributed by atoms with Crippen molar-refractivity contribution in [1.82, 2.24) is 0 Å². The third-order valence-corrected chi connectivity index (χ3v) is 2.70. The zero-order chi connectivity index (χ0) is 13.1. The Kier molecular flexibility index (Phi) is 3.46.